The average molecular weight is 1980 g/mol. The molecule has 7 amide bonds. The first-order valence-electron chi connectivity index (χ1n) is 45.3. The van der Waals surface area contributed by atoms with Crippen LogP contribution >= 0.6 is 0 Å². The van der Waals surface area contributed by atoms with Crippen LogP contribution in [0, 0.1) is 0 Å². The van der Waals surface area contributed by atoms with E-state index in [0.29, 0.717) is 80.3 Å². The molecule has 147 heavy (non-hydrogen) atoms. The van der Waals surface area contributed by atoms with Crippen molar-refractivity contribution in [3.63, 3.8) is 0 Å². The van der Waals surface area contributed by atoms with E-state index < -0.39 is 87.1 Å². The Morgan fingerprint density at radius 2 is 0.490 bits per heavy atom. The number of fused-ring (bicyclic) bond motifs is 3. The minimum absolute atomic E-state index is 0.0203. The molecule has 0 saturated heterocycles. The number of aromatic hydroxyl groups is 4. The van der Waals surface area contributed by atoms with Crippen LogP contribution in [0.4, 0.5) is 83.2 Å². The summed E-state index contributed by atoms with van der Waals surface area (Å²) in [5.41, 5.74) is 5.02. The Balaban J connectivity index is 0.000000167. The van der Waals surface area contributed by atoms with Gasteiger partial charge in [-0.3, -0.25) is 47.9 Å². The summed E-state index contributed by atoms with van der Waals surface area (Å²) in [5, 5.41) is 68.7. The highest BCUT2D eigenvalue weighted by molar-refractivity contribution is 6.13. The van der Waals surface area contributed by atoms with Gasteiger partial charge in [-0.15, -0.1) is 0 Å². The Kier molecular flexibility index (Phi) is 30.7. The lowest BCUT2D eigenvalue weighted by atomic mass is 9.67. The molecular formula is C115H90F6N10O16. The minimum Gasteiger partial charge on any atom is -0.506 e. The summed E-state index contributed by atoms with van der Waals surface area (Å²) in [6, 6.07) is 91.5. The maximum atomic E-state index is 14.4. The van der Waals surface area contributed by atoms with E-state index in [9.17, 15) is 94.7 Å². The number of hydrogen-bond acceptors (Lipinski definition) is 19. The number of nitrogens with one attached hydrogen (secondary N) is 10. The Labute approximate surface area is 837 Å². The molecule has 14 N–H and O–H groups in total. The van der Waals surface area contributed by atoms with Gasteiger partial charge < -0.3 is 83.1 Å². The molecule has 0 saturated carbocycles. The predicted molar refractivity (Wildman–Crippen MR) is 551 cm³/mol. The van der Waals surface area contributed by atoms with Crippen LogP contribution in [0.1, 0.15) is 158 Å². The van der Waals surface area contributed by atoms with Gasteiger partial charge in [0.2, 0.25) is 0 Å². The largest absolute Gasteiger partial charge is 0.506 e. The third-order valence-electron chi connectivity index (χ3n) is 23.7. The van der Waals surface area contributed by atoms with Gasteiger partial charge >= 0.3 is 12.4 Å². The number of anilines is 10. The number of hydrogen-bond donors (Lipinski definition) is 14. The van der Waals surface area contributed by atoms with Gasteiger partial charge in [-0.25, -0.2) is 0 Å². The van der Waals surface area contributed by atoms with Crippen LogP contribution in [-0.2, 0) is 17.8 Å². The normalized spacial score (nSPS) is 11.4. The zero-order valence-corrected chi connectivity index (χ0v) is 78.9. The fourth-order valence-electron chi connectivity index (χ4n) is 16.4. The second-order valence-electron chi connectivity index (χ2n) is 33.5. The lowest BCUT2D eigenvalue weighted by Crippen LogP contribution is -2.29. The molecule has 0 heterocycles. The Morgan fingerprint density at radius 1 is 0.238 bits per heavy atom. The molecule has 17 rings (SSSR count). The van der Waals surface area contributed by atoms with Gasteiger partial charge in [0, 0.05) is 111 Å². The summed E-state index contributed by atoms with van der Waals surface area (Å²) >= 11 is 0. The molecule has 0 atom stereocenters. The van der Waals surface area contributed by atoms with E-state index >= 15 is 0 Å². The third kappa shape index (κ3) is 23.9. The number of carbonyl (C=O) groups excluding carboxylic acids is 10. The van der Waals surface area contributed by atoms with Crippen LogP contribution in [0.15, 0.2) is 352 Å². The van der Waals surface area contributed by atoms with E-state index in [2.05, 4.69) is 77.4 Å². The van der Waals surface area contributed by atoms with Crippen LogP contribution in [0.25, 0.3) is 22.3 Å². The van der Waals surface area contributed by atoms with Crippen molar-refractivity contribution in [2.75, 3.05) is 74.3 Å². The Morgan fingerprint density at radius 3 is 0.823 bits per heavy atom. The highest BCUT2D eigenvalue weighted by Crippen LogP contribution is 2.58. The third-order valence-corrected chi connectivity index (χ3v) is 23.7. The summed E-state index contributed by atoms with van der Waals surface area (Å²) in [6.07, 6.45) is -10.3. The van der Waals surface area contributed by atoms with Gasteiger partial charge in [0.25, 0.3) is 41.4 Å². The van der Waals surface area contributed by atoms with E-state index in [1.54, 1.807) is 123 Å². The van der Waals surface area contributed by atoms with Crippen LogP contribution < -0.4 is 62.6 Å². The molecule has 0 unspecified atom stereocenters. The molecule has 0 radical (unpaired) electrons. The summed E-state index contributed by atoms with van der Waals surface area (Å²) in [5.74, 6) is -2.67. The Bertz CT molecular complexity index is 7790. The maximum absolute atomic E-state index is 14.4. The maximum Gasteiger partial charge on any atom is 0.417 e. The number of alkyl halides is 6. The second kappa shape index (κ2) is 44.2. The predicted octanol–water partition coefficient (Wildman–Crippen LogP) is 25.0. The number of carbonyl (C=O) groups is 10. The highest BCUT2D eigenvalue weighted by Gasteiger charge is 2.47. The molecule has 32 heteroatoms. The fourth-order valence-corrected chi connectivity index (χ4v) is 16.4. The van der Waals surface area contributed by atoms with E-state index in [0.717, 1.165) is 63.3 Å². The SMILES string of the molecule is CNc1cc(C2(c3ccc(O)c(NC(=O)c4cccc(C(C)=O)c4)c3)c3ccccc3-c3ccccc32)ccc1O.CNc1cc(NC(=O)c2cccc(C(=O)Nc3ccc(-c4ccc(NC(=O)c5cccc(C(C)=O)c5)cc4C(F)(F)F)c(C(F)(F)F)c3)c2)ccc1O.CNc1ccc(Oc2ccc(Oc3ccc(NC(=O)c4cccc(C(=O)Nc5cc(NC(=O)c6cccc(C(C)=O)c6)ccc5O)c4)cc3)cc2)cc1. The van der Waals surface area contributed by atoms with Gasteiger partial charge in [-0.1, -0.05) is 121 Å². The number of phenolic OH excluding ortho intramolecular Hbond substituents is 4. The van der Waals surface area contributed by atoms with E-state index in [4.69, 9.17) is 9.47 Å². The topological polar surface area (TPSA) is 390 Å². The molecule has 0 fully saturated rings. The standard InChI is InChI=1S/C42H34N4O7.C38H28F6N4O5.C35H28N2O4/c1-26(47)27-5-3-6-28(23-27)41(50)45-33-13-22-39(48)38(25-33)46-42(51)30-8-4-7-29(24-30)40(49)44-32-11-16-35(17-12-32)53-37-20-18-36(19-21-37)52-34-14-9-31(43-2)10-15-34;1-20(49)21-5-3-6-22(15-21)34(51)46-25-9-12-28(30(17-25)37(39,40)41)29-13-10-26(18-31(29)38(42,43)44)47-35(52)23-7-4-8-24(16-23)36(53)48-27-11-14-33(50)32(19-27)45-2;1-21(38)22-8-7-9-23(18-22)34(41)37-31-20-25(15-17-33(31)40)35(24-14-16-32(39)30(19-24)36-2)28-12-5-3-10-26(28)27-11-4-6-13-29(27)35/h3-25,43,48H,1-2H3,(H,44,49)(H,45,50)(H,46,51);3-19,45,50H,1-2H3,(H,46,51)(H,47,52)(H,48,53);3-20,36,39-40H,1-2H3,(H,37,41). The first kappa shape index (κ1) is 102. The molecule has 1 aliphatic rings. The fraction of sp³-hybridized carbons (Fsp3) is 0.0783. The number of benzene rings is 16. The van der Waals surface area contributed by atoms with Crippen molar-refractivity contribution in [1.82, 2.24) is 0 Å². The molecule has 16 aromatic carbocycles. The van der Waals surface area contributed by atoms with Crippen molar-refractivity contribution in [2.24, 2.45) is 0 Å². The van der Waals surface area contributed by atoms with Crippen molar-refractivity contribution in [3.8, 4) is 68.2 Å². The number of phenols is 4. The smallest absolute Gasteiger partial charge is 0.417 e. The second-order valence-corrected chi connectivity index (χ2v) is 33.5. The van der Waals surface area contributed by atoms with E-state index in [-0.39, 0.29) is 96.4 Å². The van der Waals surface area contributed by atoms with Gasteiger partial charge in [0.1, 0.15) is 46.0 Å². The van der Waals surface area contributed by atoms with Gasteiger partial charge in [0.15, 0.2) is 17.3 Å². The summed E-state index contributed by atoms with van der Waals surface area (Å²) in [6.45, 7) is 4.13. The monoisotopic (exact) mass is 1980 g/mol. The van der Waals surface area contributed by atoms with Crippen LogP contribution in [-0.4, -0.2) is 100 Å². The molecule has 26 nitrogen and oxygen atoms in total. The lowest BCUT2D eigenvalue weighted by molar-refractivity contribution is -0.139. The highest BCUT2D eigenvalue weighted by atomic mass is 19.4. The molecule has 0 bridgehead atoms. The molecule has 16 aromatic rings. The number of amides is 7. The van der Waals surface area contributed by atoms with E-state index in [1.807, 2.05) is 85.9 Å². The molecule has 0 spiro atoms. The van der Waals surface area contributed by atoms with Crippen LogP contribution in [0.3, 0.4) is 0 Å². The van der Waals surface area contributed by atoms with Crippen molar-refractivity contribution >= 4 is 116 Å². The summed E-state index contributed by atoms with van der Waals surface area (Å²) in [7, 11) is 5.18. The first-order chi connectivity index (χ1) is 70.4. The number of rotatable bonds is 27. The molecule has 738 valence electrons. The van der Waals surface area contributed by atoms with Crippen LogP contribution in [0.5, 0.6) is 46.0 Å². The van der Waals surface area contributed by atoms with Gasteiger partial charge in [-0.05, 0) is 296 Å². The lowest BCUT2D eigenvalue weighted by Gasteiger charge is -2.34. The molecule has 0 aromatic heterocycles. The Hall–Kier alpha value is -19.4. The molecule has 0 aliphatic heterocycles. The van der Waals surface area contributed by atoms with Gasteiger partial charge in [-0.2, -0.15) is 26.3 Å². The summed E-state index contributed by atoms with van der Waals surface area (Å²) < 4.78 is 97.9. The number of halogens is 6. The number of ketones is 3. The quantitative estimate of drug-likeness (QED) is 0.00984. The molecular weight excluding hydrogens is 1890 g/mol. The van der Waals surface area contributed by atoms with Crippen LogP contribution in [0.2, 0.25) is 0 Å². The van der Waals surface area contributed by atoms with Gasteiger partial charge in [0.05, 0.1) is 39.3 Å². The number of ether oxygens (including phenoxy) is 2. The zero-order chi connectivity index (χ0) is 105. The van der Waals surface area contributed by atoms with Crippen molar-refractivity contribution in [3.05, 3.63) is 441 Å². The van der Waals surface area contributed by atoms with Crippen molar-refractivity contribution < 1.29 is 104 Å². The molecule has 1 aliphatic carbocycles. The minimum atomic E-state index is -5.17. The first-order valence-corrected chi connectivity index (χ1v) is 45.3. The number of Topliss-reactive ketones (excluding diaryl/α,β-unsaturated/α-hetero) is 3. The average Bonchev–Trinajstić information content (AvgIpc) is 1.54. The van der Waals surface area contributed by atoms with E-state index in [1.165, 1.54) is 124 Å². The zero-order valence-electron chi connectivity index (χ0n) is 78.9. The van der Waals surface area contributed by atoms with Crippen molar-refractivity contribution in [2.45, 2.75) is 38.5 Å². The summed E-state index contributed by atoms with van der Waals surface area (Å²) in [4.78, 5) is 126. The van der Waals surface area contributed by atoms with Crippen molar-refractivity contribution in [1.29, 1.82) is 0 Å².